The summed E-state index contributed by atoms with van der Waals surface area (Å²) < 4.78 is 0. The molecule has 11 amide bonds. The molecule has 0 aliphatic heterocycles. The second-order valence-corrected chi connectivity index (χ2v) is 21.6. The topological polar surface area (TPSA) is 494 Å². The van der Waals surface area contributed by atoms with E-state index in [1.165, 1.54) is 0 Å². The zero-order valence-corrected chi connectivity index (χ0v) is 49.2. The molecule has 0 saturated carbocycles. The standard InChI is InChI=1S/C53H98N15O13/c1-10-30(7)42(68-52(79)43(31(8)11-2)67-47(74)36(21-22-39(58)69)63-50(77)41(29(5)6)66-44(71)33(57)18-12-15-23-54)51(78)65-38(27-40(59)70)49(76)62-34(19-13-16-24-55)45(72)61-35(20-14-17-25-56)46(73)64-37(26-28(3)4)48(75)60-32(9)53(80)81/h28-38,41-43H,9-27,54-57H2,1-8H3,(H2,58,69)(H2,59,70)(H,60,75)(H,61,72)(H,62,76)(H,63,77)(H,64,73)(H,65,78)(H,66,71)(H,67,74)(H,68,79)(H,80,81)/q-1/p+3/t30-,31-,32-,33-,34-,35-,36-,37-,38-,41-,42-,43-/m0/s1. The number of hydrogen-bond acceptors (Lipinski definition) is 13. The van der Waals surface area contributed by atoms with Crippen LogP contribution in [0.15, 0.2) is 0 Å². The van der Waals surface area contributed by atoms with E-state index >= 15 is 0 Å². The van der Waals surface area contributed by atoms with Crippen molar-refractivity contribution in [1.82, 2.24) is 47.9 Å². The van der Waals surface area contributed by atoms with Crippen molar-refractivity contribution in [2.24, 2.45) is 40.9 Å². The van der Waals surface area contributed by atoms with Crippen LogP contribution in [0.25, 0.3) is 0 Å². The molecule has 0 spiro atoms. The van der Waals surface area contributed by atoms with Gasteiger partial charge in [-0.15, -0.1) is 0 Å². The predicted octanol–water partition coefficient (Wildman–Crippen LogP) is -5.23. The van der Waals surface area contributed by atoms with Crippen molar-refractivity contribution in [2.75, 3.05) is 19.6 Å². The van der Waals surface area contributed by atoms with E-state index in [1.807, 2.05) is 0 Å². The second kappa shape index (κ2) is 39.8. The highest BCUT2D eigenvalue weighted by atomic mass is 16.4. The number of aliphatic carboxylic acids is 1. The minimum Gasteiger partial charge on any atom is -0.482 e. The summed E-state index contributed by atoms with van der Waals surface area (Å²) in [6.45, 7) is 18.7. The minimum atomic E-state index is -1.70. The Hall–Kier alpha value is -6.52. The van der Waals surface area contributed by atoms with Crippen LogP contribution >= 0.6 is 0 Å². The van der Waals surface area contributed by atoms with Gasteiger partial charge in [-0.05, 0) is 94.3 Å². The number of carboxylic acids is 1. The van der Waals surface area contributed by atoms with Gasteiger partial charge in [-0.1, -0.05) is 68.2 Å². The van der Waals surface area contributed by atoms with Crippen molar-refractivity contribution >= 4 is 70.9 Å². The summed E-state index contributed by atoms with van der Waals surface area (Å²) in [6, 6.07) is -13.3. The molecule has 0 unspecified atom stereocenters. The molecular formula is C53H101N15O13+2. The van der Waals surface area contributed by atoms with Gasteiger partial charge in [0, 0.05) is 12.5 Å². The van der Waals surface area contributed by atoms with Gasteiger partial charge >= 0.3 is 0 Å². The van der Waals surface area contributed by atoms with E-state index in [1.54, 1.807) is 55.4 Å². The molecule has 0 aromatic heterocycles. The normalized spacial score (nSPS) is 15.7. The Labute approximate surface area is 476 Å². The summed E-state index contributed by atoms with van der Waals surface area (Å²) in [6.07, 6.45) is 3.03. The lowest BCUT2D eigenvalue weighted by Crippen LogP contribution is -2.62. The van der Waals surface area contributed by atoms with Crippen LogP contribution in [0.5, 0.6) is 0 Å². The summed E-state index contributed by atoms with van der Waals surface area (Å²) in [5.74, 6) is -12.4. The van der Waals surface area contributed by atoms with Gasteiger partial charge in [0.2, 0.25) is 65.0 Å². The van der Waals surface area contributed by atoms with Crippen LogP contribution in [0.4, 0.5) is 0 Å². The molecule has 28 heteroatoms. The first-order valence-corrected chi connectivity index (χ1v) is 28.5. The van der Waals surface area contributed by atoms with E-state index < -0.39 is 156 Å². The third kappa shape index (κ3) is 29.2. The number of carbonyl (C=O) groups excluding carboxylic acids is 11. The number of carboxylic acid groups (broad SMARTS) is 1. The maximum atomic E-state index is 14.4. The van der Waals surface area contributed by atoms with Crippen LogP contribution in [-0.4, -0.2) is 156 Å². The summed E-state index contributed by atoms with van der Waals surface area (Å²) in [7, 11) is 0. The van der Waals surface area contributed by atoms with E-state index in [0.29, 0.717) is 71.0 Å². The van der Waals surface area contributed by atoms with Crippen LogP contribution in [0.3, 0.4) is 0 Å². The maximum absolute atomic E-state index is 14.4. The molecule has 0 fully saturated rings. The zero-order valence-electron chi connectivity index (χ0n) is 49.2. The van der Waals surface area contributed by atoms with Gasteiger partial charge < -0.3 is 94.3 Å². The Morgan fingerprint density at radius 1 is 0.444 bits per heavy atom. The second-order valence-electron chi connectivity index (χ2n) is 21.6. The molecule has 0 aromatic carbocycles. The molecule has 464 valence electrons. The molecule has 28 nitrogen and oxygen atoms in total. The molecule has 0 aromatic rings. The highest BCUT2D eigenvalue weighted by Crippen LogP contribution is 2.16. The molecule has 0 aliphatic carbocycles. The smallest absolute Gasteiger partial charge is 0.294 e. The van der Waals surface area contributed by atoms with Crippen molar-refractivity contribution in [1.29, 1.82) is 0 Å². The van der Waals surface area contributed by atoms with Crippen LogP contribution in [0.1, 0.15) is 152 Å². The van der Waals surface area contributed by atoms with Gasteiger partial charge in [0.15, 0.2) is 0 Å². The maximum Gasteiger partial charge on any atom is 0.294 e. The monoisotopic (exact) mass is 1160 g/mol. The summed E-state index contributed by atoms with van der Waals surface area (Å²) in [5.41, 5.74) is 28.6. The molecular weight excluding hydrogens is 1050 g/mol. The lowest BCUT2D eigenvalue weighted by molar-refractivity contribution is -0.369. The number of hydrogen-bond donors (Lipinski definition) is 16. The van der Waals surface area contributed by atoms with E-state index in [0.717, 1.165) is 6.42 Å². The van der Waals surface area contributed by atoms with Crippen molar-refractivity contribution in [2.45, 2.75) is 212 Å². The number of rotatable bonds is 43. The quantitative estimate of drug-likeness (QED) is 0.0201. The largest absolute Gasteiger partial charge is 0.482 e. The van der Waals surface area contributed by atoms with E-state index in [4.69, 9.17) is 17.2 Å². The van der Waals surface area contributed by atoms with Crippen molar-refractivity contribution in [3.63, 3.8) is 0 Å². The number of amides is 11. The van der Waals surface area contributed by atoms with Gasteiger partial charge in [-0.2, -0.15) is 0 Å². The summed E-state index contributed by atoms with van der Waals surface area (Å²) >= 11 is 0. The fourth-order valence-corrected chi connectivity index (χ4v) is 8.30. The Kier molecular flexibility index (Phi) is 36.6. The average Bonchev–Trinajstić information content (AvgIpc) is 3.42. The van der Waals surface area contributed by atoms with E-state index in [9.17, 15) is 62.6 Å². The number of nitrogens with two attached hydrogens (primary N) is 3. The van der Waals surface area contributed by atoms with Crippen molar-refractivity contribution in [3.05, 3.63) is 6.92 Å². The number of primary amides is 2. The number of nitrogens with one attached hydrogen (secondary N) is 9. The molecule has 12 atom stereocenters. The first-order valence-electron chi connectivity index (χ1n) is 28.5. The van der Waals surface area contributed by atoms with Crippen molar-refractivity contribution in [3.8, 4) is 0 Å². The lowest BCUT2D eigenvalue weighted by atomic mass is 9.94. The average molecular weight is 1160 g/mol. The number of unbranched alkanes of at least 4 members (excludes halogenated alkanes) is 3. The van der Waals surface area contributed by atoms with E-state index in [-0.39, 0.29) is 38.0 Å². The predicted molar refractivity (Wildman–Crippen MR) is 299 cm³/mol. The van der Waals surface area contributed by atoms with Gasteiger partial charge in [0.05, 0.1) is 32.1 Å². The minimum absolute atomic E-state index is 0.0124. The first kappa shape index (κ1) is 74.5. The summed E-state index contributed by atoms with van der Waals surface area (Å²) in [5, 5.41) is 32.6. The van der Waals surface area contributed by atoms with Crippen LogP contribution in [0, 0.1) is 30.6 Å². The highest BCUT2D eigenvalue weighted by Gasteiger charge is 2.38. The van der Waals surface area contributed by atoms with E-state index in [2.05, 4.69) is 72.0 Å². The zero-order chi connectivity index (χ0) is 62.1. The molecule has 0 saturated heterocycles. The third-order valence-electron chi connectivity index (χ3n) is 13.7. The van der Waals surface area contributed by atoms with Gasteiger partial charge in [0.25, 0.3) is 5.97 Å². The lowest BCUT2D eigenvalue weighted by Gasteiger charge is -2.31. The van der Waals surface area contributed by atoms with Gasteiger partial charge in [-0.25, -0.2) is 0 Å². The molecule has 81 heavy (non-hydrogen) atoms. The van der Waals surface area contributed by atoms with Gasteiger partial charge in [-0.3, -0.25) is 57.5 Å². The molecule has 0 heterocycles. The van der Waals surface area contributed by atoms with Gasteiger partial charge in [0.1, 0.15) is 48.3 Å². The summed E-state index contributed by atoms with van der Waals surface area (Å²) in [4.78, 5) is 161. The van der Waals surface area contributed by atoms with Crippen LogP contribution in [-0.2, 0) is 57.5 Å². The SMILES string of the molecule is [CH2-][C@H](NC(=O)[C@H](CC(C)C)NC(=O)[C@H](CCCC[NH3+])NC(=O)[C@H](CCCC[NH3+])NC(=O)[C@H](CC(N)=O)NC(=O)[C@@H](NC(=O)[C@@H](NC(=O)[C@H](CCC(N)=O)NC(=O)[C@@H](NC(=O)[C@@H](N)CCCC[NH3+])C(C)C)[C@@H](C)CC)[C@@H](C)CC)C(=O)O. The fourth-order valence-electron chi connectivity index (χ4n) is 8.30. The Balaban J connectivity index is 6.89. The molecule has 0 aliphatic rings. The molecule has 0 radical (unpaired) electrons. The Morgan fingerprint density at radius 3 is 1.22 bits per heavy atom. The molecule has 0 rings (SSSR count). The van der Waals surface area contributed by atoms with Crippen LogP contribution < -0.4 is 82.3 Å². The van der Waals surface area contributed by atoms with Crippen molar-refractivity contribution < 1.29 is 79.8 Å². The number of quaternary nitrogens is 3. The fraction of sp³-hybridized carbons (Fsp3) is 0.755. The highest BCUT2D eigenvalue weighted by molar-refractivity contribution is 5.99. The molecule has 0 bridgehead atoms. The number of carbonyl (C=O) groups is 12. The Bertz CT molecular complexity index is 2060. The third-order valence-corrected chi connectivity index (χ3v) is 13.7. The molecule has 25 N–H and O–H groups in total. The first-order chi connectivity index (χ1) is 38.0. The van der Waals surface area contributed by atoms with Crippen LogP contribution in [0.2, 0.25) is 0 Å². The Morgan fingerprint density at radius 2 is 0.802 bits per heavy atom.